The third-order valence-corrected chi connectivity index (χ3v) is 1.83. The number of rotatable bonds is 3. The van der Waals surface area contributed by atoms with Crippen LogP contribution in [0.25, 0.3) is 0 Å². The summed E-state index contributed by atoms with van der Waals surface area (Å²) >= 11 is 0. The number of carboxylic acid groups (broad SMARTS) is 1. The Balaban J connectivity index is 3.26. The second-order valence-corrected chi connectivity index (χ2v) is 2.87. The van der Waals surface area contributed by atoms with Crippen LogP contribution in [0.5, 0.6) is 0 Å². The summed E-state index contributed by atoms with van der Waals surface area (Å²) in [5.41, 5.74) is 9.51. The molecule has 0 radical (unpaired) electrons. The van der Waals surface area contributed by atoms with Gasteiger partial charge in [-0.1, -0.05) is 0 Å². The molecule has 0 unspecified atom stereocenters. The minimum atomic E-state index is -2.87. The number of halogens is 2. The van der Waals surface area contributed by atoms with Crippen molar-refractivity contribution in [2.24, 2.45) is 0 Å². The second-order valence-electron chi connectivity index (χ2n) is 2.87. The summed E-state index contributed by atoms with van der Waals surface area (Å²) in [6.07, 6.45) is -2.43. The van der Waals surface area contributed by atoms with Gasteiger partial charge in [-0.3, -0.25) is 4.79 Å². The summed E-state index contributed by atoms with van der Waals surface area (Å²) in [6.45, 7) is 0. The number of nitrogens with two attached hydrogens (primary N) is 2. The van der Waals surface area contributed by atoms with E-state index in [4.69, 9.17) is 16.6 Å². The van der Waals surface area contributed by atoms with Gasteiger partial charge in [-0.05, 0) is 5.56 Å². The van der Waals surface area contributed by atoms with E-state index in [2.05, 4.69) is 4.98 Å². The van der Waals surface area contributed by atoms with E-state index in [-0.39, 0.29) is 17.1 Å². The molecule has 0 saturated carbocycles. The van der Waals surface area contributed by atoms with Crippen LogP contribution in [0.15, 0.2) is 6.20 Å². The predicted molar refractivity (Wildman–Crippen MR) is 49.4 cm³/mol. The Labute approximate surface area is 83.7 Å². The van der Waals surface area contributed by atoms with Gasteiger partial charge < -0.3 is 16.6 Å². The molecule has 0 bridgehead atoms. The summed E-state index contributed by atoms with van der Waals surface area (Å²) in [7, 11) is 0. The van der Waals surface area contributed by atoms with Crippen molar-refractivity contribution < 1.29 is 18.7 Å². The summed E-state index contributed by atoms with van der Waals surface area (Å²) in [6, 6.07) is 0. The van der Waals surface area contributed by atoms with Crippen molar-refractivity contribution in [2.45, 2.75) is 12.8 Å². The van der Waals surface area contributed by atoms with Gasteiger partial charge in [0.2, 0.25) is 0 Å². The fourth-order valence-corrected chi connectivity index (χ4v) is 1.16. The van der Waals surface area contributed by atoms with E-state index in [0.29, 0.717) is 0 Å². The van der Waals surface area contributed by atoms with E-state index in [0.717, 1.165) is 6.20 Å². The smallest absolute Gasteiger partial charge is 0.307 e. The molecule has 0 amide bonds. The van der Waals surface area contributed by atoms with Crippen LogP contribution in [0.3, 0.4) is 0 Å². The molecule has 1 rings (SSSR count). The standard InChI is InChI=1S/C8H9F2N3O2/c9-7(10)5-3(1-4(14)15)2-13-8(12)6(5)11/h2,7H,1,11H2,(H2,12,13)(H,14,15). The number of aliphatic carboxylic acids is 1. The molecule has 0 spiro atoms. The van der Waals surface area contributed by atoms with Gasteiger partial charge in [-0.15, -0.1) is 0 Å². The summed E-state index contributed by atoms with van der Waals surface area (Å²) in [5, 5.41) is 8.49. The van der Waals surface area contributed by atoms with Crippen molar-refractivity contribution >= 4 is 17.5 Å². The molecular formula is C8H9F2N3O2. The summed E-state index contributed by atoms with van der Waals surface area (Å²) in [5.74, 6) is -1.46. The highest BCUT2D eigenvalue weighted by atomic mass is 19.3. The number of pyridine rings is 1. The van der Waals surface area contributed by atoms with Crippen LogP contribution in [0.1, 0.15) is 17.6 Å². The van der Waals surface area contributed by atoms with Crippen molar-refractivity contribution in [1.29, 1.82) is 0 Å². The Kier molecular flexibility index (Phi) is 3.03. The van der Waals surface area contributed by atoms with Crippen LogP contribution >= 0.6 is 0 Å². The first-order valence-electron chi connectivity index (χ1n) is 3.96. The Hall–Kier alpha value is -1.92. The molecule has 1 aromatic heterocycles. The number of carboxylic acids is 1. The lowest BCUT2D eigenvalue weighted by Gasteiger charge is -2.11. The summed E-state index contributed by atoms with van der Waals surface area (Å²) in [4.78, 5) is 13.9. The minimum Gasteiger partial charge on any atom is -0.481 e. The lowest BCUT2D eigenvalue weighted by Crippen LogP contribution is -2.10. The molecule has 82 valence electrons. The van der Waals surface area contributed by atoms with Crippen LogP contribution < -0.4 is 11.5 Å². The Morgan fingerprint density at radius 1 is 1.53 bits per heavy atom. The maximum absolute atomic E-state index is 12.6. The number of aromatic nitrogens is 1. The highest BCUT2D eigenvalue weighted by Gasteiger charge is 2.20. The zero-order valence-corrected chi connectivity index (χ0v) is 7.58. The van der Waals surface area contributed by atoms with Gasteiger partial charge >= 0.3 is 5.97 Å². The Morgan fingerprint density at radius 2 is 2.13 bits per heavy atom. The molecule has 0 aliphatic carbocycles. The fourth-order valence-electron chi connectivity index (χ4n) is 1.16. The number of carbonyl (C=O) groups is 1. The molecule has 0 fully saturated rings. The lowest BCUT2D eigenvalue weighted by atomic mass is 10.1. The molecule has 1 heterocycles. The van der Waals surface area contributed by atoms with E-state index in [1.54, 1.807) is 0 Å². The number of nitrogen functional groups attached to an aromatic ring is 2. The number of alkyl halides is 2. The van der Waals surface area contributed by atoms with Gasteiger partial charge in [0.05, 0.1) is 12.1 Å². The van der Waals surface area contributed by atoms with Gasteiger partial charge in [-0.25, -0.2) is 13.8 Å². The topological polar surface area (TPSA) is 102 Å². The molecule has 0 aliphatic heterocycles. The van der Waals surface area contributed by atoms with Crippen LogP contribution in [0.4, 0.5) is 20.3 Å². The highest BCUT2D eigenvalue weighted by molar-refractivity contribution is 5.74. The normalized spacial score (nSPS) is 10.6. The maximum Gasteiger partial charge on any atom is 0.307 e. The van der Waals surface area contributed by atoms with Crippen LogP contribution in [-0.4, -0.2) is 16.1 Å². The van der Waals surface area contributed by atoms with Gasteiger partial charge in [0.15, 0.2) is 0 Å². The fraction of sp³-hybridized carbons (Fsp3) is 0.250. The largest absolute Gasteiger partial charge is 0.481 e. The van der Waals surface area contributed by atoms with E-state index in [1.807, 2.05) is 0 Å². The van der Waals surface area contributed by atoms with Crippen molar-refractivity contribution in [2.75, 3.05) is 11.5 Å². The average Bonchev–Trinajstić information content (AvgIpc) is 2.10. The van der Waals surface area contributed by atoms with E-state index >= 15 is 0 Å². The van der Waals surface area contributed by atoms with Crippen molar-refractivity contribution in [3.63, 3.8) is 0 Å². The molecule has 0 atom stereocenters. The third-order valence-electron chi connectivity index (χ3n) is 1.83. The first-order chi connectivity index (χ1) is 6.93. The molecule has 7 heteroatoms. The minimum absolute atomic E-state index is 0.121. The van der Waals surface area contributed by atoms with Gasteiger partial charge in [-0.2, -0.15) is 0 Å². The molecule has 0 aliphatic rings. The summed E-state index contributed by atoms with van der Waals surface area (Å²) < 4.78 is 25.1. The zero-order valence-electron chi connectivity index (χ0n) is 7.58. The van der Waals surface area contributed by atoms with Crippen LogP contribution in [0.2, 0.25) is 0 Å². The van der Waals surface area contributed by atoms with Crippen LogP contribution in [-0.2, 0) is 11.2 Å². The monoisotopic (exact) mass is 217 g/mol. The van der Waals surface area contributed by atoms with Gasteiger partial charge in [0.1, 0.15) is 5.82 Å². The van der Waals surface area contributed by atoms with E-state index in [9.17, 15) is 13.6 Å². The number of nitrogens with zero attached hydrogens (tertiary/aromatic N) is 1. The quantitative estimate of drug-likeness (QED) is 0.695. The Morgan fingerprint density at radius 3 is 2.60 bits per heavy atom. The SMILES string of the molecule is Nc1ncc(CC(=O)O)c(C(F)F)c1N. The number of hydrogen-bond donors (Lipinski definition) is 3. The highest BCUT2D eigenvalue weighted by Crippen LogP contribution is 2.31. The Bertz CT molecular complexity index is 396. The maximum atomic E-state index is 12.6. The molecular weight excluding hydrogens is 208 g/mol. The molecule has 0 aromatic carbocycles. The number of anilines is 2. The molecule has 0 saturated heterocycles. The zero-order chi connectivity index (χ0) is 11.6. The van der Waals surface area contributed by atoms with Crippen molar-refractivity contribution in [3.8, 4) is 0 Å². The molecule has 5 N–H and O–H groups in total. The van der Waals surface area contributed by atoms with Gasteiger partial charge in [0.25, 0.3) is 6.43 Å². The molecule has 5 nitrogen and oxygen atoms in total. The van der Waals surface area contributed by atoms with Crippen LogP contribution in [0, 0.1) is 0 Å². The first-order valence-corrected chi connectivity index (χ1v) is 3.96. The third kappa shape index (κ3) is 2.30. The average molecular weight is 217 g/mol. The second kappa shape index (κ2) is 4.07. The lowest BCUT2D eigenvalue weighted by molar-refractivity contribution is -0.136. The van der Waals surface area contributed by atoms with Crippen molar-refractivity contribution in [3.05, 3.63) is 17.3 Å². The van der Waals surface area contributed by atoms with Crippen molar-refractivity contribution in [1.82, 2.24) is 4.98 Å². The first kappa shape index (κ1) is 11.2. The molecule has 1 aromatic rings. The predicted octanol–water partition coefficient (Wildman–Crippen LogP) is 0.811. The van der Waals surface area contributed by atoms with E-state index < -0.39 is 24.4 Å². The molecule has 15 heavy (non-hydrogen) atoms. The van der Waals surface area contributed by atoms with E-state index in [1.165, 1.54) is 0 Å². The van der Waals surface area contributed by atoms with Gasteiger partial charge in [0, 0.05) is 11.8 Å². The number of hydrogen-bond acceptors (Lipinski definition) is 4.